The van der Waals surface area contributed by atoms with Crippen LogP contribution < -0.4 is 16.8 Å². The molecule has 2 aromatic rings. The van der Waals surface area contributed by atoms with Crippen LogP contribution in [0.5, 0.6) is 0 Å². The van der Waals surface area contributed by atoms with Gasteiger partial charge in [0.05, 0.1) is 12.4 Å². The number of nitrogens with one attached hydrogen (secondary N) is 2. The fourth-order valence-electron chi connectivity index (χ4n) is 2.78. The Balaban J connectivity index is 1.96. The summed E-state index contributed by atoms with van der Waals surface area (Å²) in [5.41, 5.74) is 15.6. The summed E-state index contributed by atoms with van der Waals surface area (Å²) >= 11 is 0. The van der Waals surface area contributed by atoms with Crippen LogP contribution in [0.4, 0.5) is 0 Å². The number of amidine groups is 1. The zero-order valence-corrected chi connectivity index (χ0v) is 13.4. The Morgan fingerprint density at radius 2 is 2.13 bits per heavy atom. The third kappa shape index (κ3) is 3.39. The van der Waals surface area contributed by atoms with Gasteiger partial charge in [0, 0.05) is 34.3 Å². The number of nitrogens with two attached hydrogens (primary N) is 2. The molecule has 1 aliphatic rings. The molecule has 0 atom stereocenters. The highest BCUT2D eigenvalue weighted by Gasteiger charge is 2.16. The summed E-state index contributed by atoms with van der Waals surface area (Å²) in [6.07, 6.45) is 5.06. The van der Waals surface area contributed by atoms with Crippen molar-refractivity contribution >= 4 is 22.3 Å². The molecule has 0 saturated carbocycles. The van der Waals surface area contributed by atoms with Crippen molar-refractivity contribution in [3.05, 3.63) is 53.6 Å². The molecule has 0 spiro atoms. The van der Waals surface area contributed by atoms with E-state index in [1.54, 1.807) is 6.08 Å². The number of para-hydroxylation sites is 1. The van der Waals surface area contributed by atoms with Crippen molar-refractivity contribution in [2.45, 2.75) is 26.2 Å². The lowest BCUT2D eigenvalue weighted by molar-refractivity contribution is 0.825. The van der Waals surface area contributed by atoms with E-state index in [-0.39, 0.29) is 5.82 Å². The van der Waals surface area contributed by atoms with Gasteiger partial charge < -0.3 is 21.8 Å². The number of fused-ring (bicyclic) bond motifs is 1. The molecule has 0 bridgehead atoms. The molecule has 1 aromatic carbocycles. The molecule has 120 valence electrons. The number of aromatic amines is 1. The second kappa shape index (κ2) is 6.60. The molecule has 2 heterocycles. The van der Waals surface area contributed by atoms with E-state index in [2.05, 4.69) is 40.4 Å². The van der Waals surface area contributed by atoms with Gasteiger partial charge in [-0.25, -0.2) is 0 Å². The summed E-state index contributed by atoms with van der Waals surface area (Å²) in [6, 6.07) is 10.3. The minimum absolute atomic E-state index is 0.287. The average Bonchev–Trinajstić information content (AvgIpc) is 3.17. The normalized spacial score (nSPS) is 16.1. The van der Waals surface area contributed by atoms with Gasteiger partial charge in [0.2, 0.25) is 0 Å². The Morgan fingerprint density at radius 3 is 2.87 bits per heavy atom. The van der Waals surface area contributed by atoms with Crippen LogP contribution in [-0.4, -0.2) is 17.4 Å². The summed E-state index contributed by atoms with van der Waals surface area (Å²) < 4.78 is 0. The second-order valence-corrected chi connectivity index (χ2v) is 5.80. The van der Waals surface area contributed by atoms with Crippen LogP contribution in [-0.2, 0) is 0 Å². The molecule has 6 N–H and O–H groups in total. The van der Waals surface area contributed by atoms with Crippen molar-refractivity contribution in [3.63, 3.8) is 0 Å². The first-order valence-electron chi connectivity index (χ1n) is 8.01. The van der Waals surface area contributed by atoms with Crippen LogP contribution in [0.1, 0.15) is 31.9 Å². The van der Waals surface area contributed by atoms with Gasteiger partial charge in [0.1, 0.15) is 5.84 Å². The molecule has 1 aliphatic heterocycles. The van der Waals surface area contributed by atoms with E-state index < -0.39 is 0 Å². The Hall–Kier alpha value is -2.69. The molecule has 23 heavy (non-hydrogen) atoms. The molecular formula is C18H23N5. The number of aliphatic imine (C=N–C) groups is 1. The van der Waals surface area contributed by atoms with E-state index in [1.165, 1.54) is 0 Å². The maximum Gasteiger partial charge on any atom is 0.101 e. The van der Waals surface area contributed by atoms with E-state index >= 15 is 0 Å². The molecule has 5 nitrogen and oxygen atoms in total. The molecule has 0 saturated heterocycles. The van der Waals surface area contributed by atoms with Crippen molar-refractivity contribution in [2.75, 3.05) is 6.54 Å². The number of allylic oxidation sites excluding steroid dienone is 2. The van der Waals surface area contributed by atoms with Gasteiger partial charge in [-0.05, 0) is 24.6 Å². The zero-order valence-electron chi connectivity index (χ0n) is 13.4. The topological polar surface area (TPSA) is 92.2 Å². The molecule has 0 radical (unpaired) electrons. The highest BCUT2D eigenvalue weighted by molar-refractivity contribution is 5.92. The van der Waals surface area contributed by atoms with Gasteiger partial charge in [0.15, 0.2) is 0 Å². The van der Waals surface area contributed by atoms with E-state index in [9.17, 15) is 0 Å². The Bertz CT molecular complexity index is 758. The minimum Gasteiger partial charge on any atom is -0.386 e. The lowest BCUT2D eigenvalue weighted by atomic mass is 10.1. The van der Waals surface area contributed by atoms with Crippen molar-refractivity contribution in [3.8, 4) is 0 Å². The summed E-state index contributed by atoms with van der Waals surface area (Å²) in [4.78, 5) is 8.02. The van der Waals surface area contributed by atoms with Crippen molar-refractivity contribution in [2.24, 2.45) is 16.5 Å². The number of hydrogen-bond acceptors (Lipinski definition) is 4. The molecule has 5 heteroatoms. The Labute approximate surface area is 136 Å². The van der Waals surface area contributed by atoms with E-state index in [0.717, 1.165) is 53.0 Å². The van der Waals surface area contributed by atoms with Crippen molar-refractivity contribution < 1.29 is 0 Å². The predicted molar refractivity (Wildman–Crippen MR) is 96.6 cm³/mol. The fraction of sp³-hybridized carbons (Fsp3) is 0.278. The van der Waals surface area contributed by atoms with Crippen LogP contribution in [0.15, 0.2) is 52.9 Å². The molecule has 0 unspecified atom stereocenters. The van der Waals surface area contributed by atoms with Crippen LogP contribution in [0.2, 0.25) is 0 Å². The number of nitrogens with zero attached hydrogens (tertiary/aromatic N) is 1. The van der Waals surface area contributed by atoms with E-state index in [0.29, 0.717) is 6.54 Å². The maximum absolute atomic E-state index is 5.73. The molecule has 0 aliphatic carbocycles. The number of rotatable bonds is 5. The van der Waals surface area contributed by atoms with Gasteiger partial charge >= 0.3 is 0 Å². The summed E-state index contributed by atoms with van der Waals surface area (Å²) in [5, 5.41) is 4.59. The number of hydrogen-bond donors (Lipinski definition) is 4. The monoisotopic (exact) mass is 309 g/mol. The van der Waals surface area contributed by atoms with Gasteiger partial charge in [-0.2, -0.15) is 0 Å². The van der Waals surface area contributed by atoms with Crippen LogP contribution in [0, 0.1) is 0 Å². The quantitative estimate of drug-likeness (QED) is 0.684. The third-order valence-electron chi connectivity index (χ3n) is 3.95. The van der Waals surface area contributed by atoms with Gasteiger partial charge in [-0.3, -0.25) is 4.99 Å². The first-order chi connectivity index (χ1) is 11.2. The number of unbranched alkanes of at least 4 members (excludes halogenated alkanes) is 1. The SMILES string of the molecule is CCCCC1=NC/C(=C(\C=C(N)N)c2cc3ccccc3[nH]2)N1. The van der Waals surface area contributed by atoms with Crippen molar-refractivity contribution in [1.82, 2.24) is 10.3 Å². The van der Waals surface area contributed by atoms with Crippen LogP contribution in [0.25, 0.3) is 16.5 Å². The Kier molecular flexibility index (Phi) is 4.37. The van der Waals surface area contributed by atoms with Crippen LogP contribution >= 0.6 is 0 Å². The van der Waals surface area contributed by atoms with Crippen LogP contribution in [0.3, 0.4) is 0 Å². The molecule has 3 rings (SSSR count). The summed E-state index contributed by atoms with van der Waals surface area (Å²) in [5.74, 6) is 1.33. The Morgan fingerprint density at radius 1 is 1.30 bits per heavy atom. The first-order valence-corrected chi connectivity index (χ1v) is 8.01. The predicted octanol–water partition coefficient (Wildman–Crippen LogP) is 2.83. The summed E-state index contributed by atoms with van der Waals surface area (Å²) in [7, 11) is 0. The van der Waals surface area contributed by atoms with Crippen molar-refractivity contribution in [1.29, 1.82) is 0 Å². The van der Waals surface area contributed by atoms with Gasteiger partial charge in [-0.1, -0.05) is 31.5 Å². The maximum atomic E-state index is 5.73. The standard InChI is InChI=1S/C18H23N5/c1-2-3-8-18-21-11-16(23-18)13(10-17(19)20)15-9-12-6-4-5-7-14(12)22-15/h4-7,9-10,22H,2-3,8,11,19-20H2,1H3,(H,21,23)/b16-13-. The number of aromatic nitrogens is 1. The number of H-pyrrole nitrogens is 1. The molecule has 1 aromatic heterocycles. The highest BCUT2D eigenvalue weighted by atomic mass is 15.1. The summed E-state index contributed by atoms with van der Waals surface area (Å²) in [6.45, 7) is 2.81. The van der Waals surface area contributed by atoms with Gasteiger partial charge in [0.25, 0.3) is 0 Å². The fourth-order valence-corrected chi connectivity index (χ4v) is 2.78. The highest BCUT2D eigenvalue weighted by Crippen LogP contribution is 2.25. The smallest absolute Gasteiger partial charge is 0.101 e. The molecule has 0 amide bonds. The largest absolute Gasteiger partial charge is 0.386 e. The van der Waals surface area contributed by atoms with E-state index in [1.807, 2.05) is 12.1 Å². The molecular weight excluding hydrogens is 286 g/mol. The average molecular weight is 309 g/mol. The first kappa shape index (κ1) is 15.2. The third-order valence-corrected chi connectivity index (χ3v) is 3.95. The van der Waals surface area contributed by atoms with E-state index in [4.69, 9.17) is 11.5 Å². The lowest BCUT2D eigenvalue weighted by Crippen LogP contribution is -2.18. The zero-order chi connectivity index (χ0) is 16.2. The lowest BCUT2D eigenvalue weighted by Gasteiger charge is -2.08. The van der Waals surface area contributed by atoms with Gasteiger partial charge in [-0.15, -0.1) is 0 Å². The number of benzene rings is 1. The minimum atomic E-state index is 0.287. The molecule has 0 fully saturated rings. The second-order valence-electron chi connectivity index (χ2n) is 5.80.